The van der Waals surface area contributed by atoms with Crippen LogP contribution in [0, 0.1) is 12.3 Å². The molecule has 0 heterocycles. The molecule has 0 saturated heterocycles. The van der Waals surface area contributed by atoms with Crippen molar-refractivity contribution in [2.75, 3.05) is 26.9 Å². The number of hydrogen-bond donors (Lipinski definition) is 2. The minimum atomic E-state index is -0.216. The zero-order chi connectivity index (χ0) is 8.53. The number of hydrazine groups is 1. The largest absolute Gasteiger partial charge is 0.382 e. The maximum atomic E-state index is 5.11. The van der Waals surface area contributed by atoms with Crippen molar-refractivity contribution in [2.24, 2.45) is 5.84 Å². The van der Waals surface area contributed by atoms with Gasteiger partial charge >= 0.3 is 0 Å². The molecule has 0 aromatic rings. The minimum absolute atomic E-state index is 0.216. The molecule has 0 fully saturated rings. The smallest absolute Gasteiger partial charge is 0.105 e. The Morgan fingerprint density at radius 2 is 2.36 bits per heavy atom. The monoisotopic (exact) mass is 158 g/mol. The molecule has 1 atom stereocenters. The van der Waals surface area contributed by atoms with E-state index in [1.54, 1.807) is 7.11 Å². The molecule has 0 aromatic heterocycles. The molecule has 0 bridgehead atoms. The van der Waals surface area contributed by atoms with Crippen molar-refractivity contribution < 1.29 is 9.47 Å². The van der Waals surface area contributed by atoms with Gasteiger partial charge in [-0.1, -0.05) is 5.92 Å². The van der Waals surface area contributed by atoms with Crippen LogP contribution in [0.3, 0.4) is 0 Å². The van der Waals surface area contributed by atoms with E-state index < -0.39 is 0 Å². The van der Waals surface area contributed by atoms with Crippen molar-refractivity contribution in [3.63, 3.8) is 0 Å². The molecule has 0 aromatic carbocycles. The van der Waals surface area contributed by atoms with Gasteiger partial charge in [-0.05, 0) is 0 Å². The first-order valence-corrected chi connectivity index (χ1v) is 3.34. The topological polar surface area (TPSA) is 56.5 Å². The van der Waals surface area contributed by atoms with Crippen molar-refractivity contribution in [1.82, 2.24) is 5.43 Å². The third-order valence-corrected chi connectivity index (χ3v) is 1.12. The fraction of sp³-hybridized carbons (Fsp3) is 0.714. The van der Waals surface area contributed by atoms with Crippen LogP contribution >= 0.6 is 0 Å². The Hall–Kier alpha value is -0.600. The van der Waals surface area contributed by atoms with Crippen molar-refractivity contribution in [2.45, 2.75) is 6.04 Å². The molecular formula is C7H14N2O2. The molecule has 4 nitrogen and oxygen atoms in total. The number of nitrogens with one attached hydrogen (secondary N) is 1. The lowest BCUT2D eigenvalue weighted by Crippen LogP contribution is -2.37. The van der Waals surface area contributed by atoms with Crippen molar-refractivity contribution >= 4 is 0 Å². The van der Waals surface area contributed by atoms with Crippen LogP contribution in [0.2, 0.25) is 0 Å². The molecule has 3 N–H and O–H groups in total. The van der Waals surface area contributed by atoms with Crippen LogP contribution in [0.5, 0.6) is 0 Å². The van der Waals surface area contributed by atoms with Gasteiger partial charge in [0.1, 0.15) is 6.04 Å². The molecule has 11 heavy (non-hydrogen) atoms. The van der Waals surface area contributed by atoms with E-state index in [0.717, 1.165) is 0 Å². The van der Waals surface area contributed by atoms with E-state index in [1.807, 2.05) is 0 Å². The number of ether oxygens (including phenoxy) is 2. The normalized spacial score (nSPS) is 12.5. The maximum absolute atomic E-state index is 5.11. The zero-order valence-electron chi connectivity index (χ0n) is 6.67. The lowest BCUT2D eigenvalue weighted by Gasteiger charge is -2.08. The maximum Gasteiger partial charge on any atom is 0.105 e. The first-order chi connectivity index (χ1) is 5.35. The van der Waals surface area contributed by atoms with Gasteiger partial charge in [0.05, 0.1) is 19.8 Å². The Morgan fingerprint density at radius 1 is 1.64 bits per heavy atom. The summed E-state index contributed by atoms with van der Waals surface area (Å²) in [7, 11) is 1.61. The van der Waals surface area contributed by atoms with Crippen LogP contribution in [-0.2, 0) is 9.47 Å². The summed E-state index contributed by atoms with van der Waals surface area (Å²) in [5.74, 6) is 7.52. The average molecular weight is 158 g/mol. The Morgan fingerprint density at radius 3 is 2.82 bits per heavy atom. The lowest BCUT2D eigenvalue weighted by molar-refractivity contribution is 0.0654. The summed E-state index contributed by atoms with van der Waals surface area (Å²) in [6.07, 6.45) is 5.09. The van der Waals surface area contributed by atoms with Crippen LogP contribution in [0.4, 0.5) is 0 Å². The number of rotatable bonds is 6. The van der Waals surface area contributed by atoms with Gasteiger partial charge in [0.25, 0.3) is 0 Å². The summed E-state index contributed by atoms with van der Waals surface area (Å²) >= 11 is 0. The SMILES string of the molecule is C#CC(COCCOC)NN. The number of nitrogens with two attached hydrogens (primary N) is 1. The van der Waals surface area contributed by atoms with Crippen LogP contribution in [0.15, 0.2) is 0 Å². The Labute approximate surface area is 67.0 Å². The highest BCUT2D eigenvalue weighted by atomic mass is 16.5. The summed E-state index contributed by atoms with van der Waals surface area (Å²) in [5, 5.41) is 0. The molecule has 64 valence electrons. The van der Waals surface area contributed by atoms with Gasteiger partial charge in [0.15, 0.2) is 0 Å². The zero-order valence-corrected chi connectivity index (χ0v) is 6.67. The second kappa shape index (κ2) is 7.51. The Kier molecular flexibility index (Phi) is 7.10. The fourth-order valence-corrected chi connectivity index (χ4v) is 0.488. The number of methoxy groups -OCH3 is 1. The van der Waals surface area contributed by atoms with Crippen molar-refractivity contribution in [3.8, 4) is 12.3 Å². The van der Waals surface area contributed by atoms with E-state index in [9.17, 15) is 0 Å². The van der Waals surface area contributed by atoms with Gasteiger partial charge in [0.2, 0.25) is 0 Å². The van der Waals surface area contributed by atoms with Crippen molar-refractivity contribution in [3.05, 3.63) is 0 Å². The van der Waals surface area contributed by atoms with Gasteiger partial charge in [-0.15, -0.1) is 6.42 Å². The third kappa shape index (κ3) is 5.83. The molecule has 0 aliphatic carbocycles. The minimum Gasteiger partial charge on any atom is -0.382 e. The molecule has 0 saturated carbocycles. The molecule has 0 aliphatic heterocycles. The van der Waals surface area contributed by atoms with E-state index in [1.165, 1.54) is 0 Å². The standard InChI is InChI=1S/C7H14N2O2/c1-3-7(9-8)6-11-5-4-10-2/h1,7,9H,4-6,8H2,2H3. The highest BCUT2D eigenvalue weighted by Crippen LogP contribution is 1.81. The second-order valence-corrected chi connectivity index (χ2v) is 1.95. The van der Waals surface area contributed by atoms with E-state index in [2.05, 4.69) is 11.3 Å². The van der Waals surface area contributed by atoms with Crippen LogP contribution < -0.4 is 11.3 Å². The van der Waals surface area contributed by atoms with Gasteiger partial charge in [0, 0.05) is 7.11 Å². The lowest BCUT2D eigenvalue weighted by atomic mass is 10.3. The van der Waals surface area contributed by atoms with Gasteiger partial charge in [-0.3, -0.25) is 5.84 Å². The van der Waals surface area contributed by atoms with E-state index in [-0.39, 0.29) is 6.04 Å². The fourth-order valence-electron chi connectivity index (χ4n) is 0.488. The molecular weight excluding hydrogens is 144 g/mol. The van der Waals surface area contributed by atoms with E-state index in [0.29, 0.717) is 19.8 Å². The molecule has 0 rings (SSSR count). The van der Waals surface area contributed by atoms with Gasteiger partial charge < -0.3 is 9.47 Å². The van der Waals surface area contributed by atoms with Crippen LogP contribution in [-0.4, -0.2) is 33.0 Å². The average Bonchev–Trinajstić information content (AvgIpc) is 2.05. The number of hydrogen-bond acceptors (Lipinski definition) is 4. The summed E-state index contributed by atoms with van der Waals surface area (Å²) in [6, 6.07) is -0.216. The van der Waals surface area contributed by atoms with Crippen LogP contribution in [0.1, 0.15) is 0 Å². The molecule has 0 amide bonds. The Bertz CT molecular complexity index is 122. The van der Waals surface area contributed by atoms with Gasteiger partial charge in [-0.2, -0.15) is 0 Å². The van der Waals surface area contributed by atoms with Gasteiger partial charge in [-0.25, -0.2) is 5.43 Å². The Balaban J connectivity index is 3.16. The first kappa shape index (κ1) is 10.4. The molecule has 0 spiro atoms. The van der Waals surface area contributed by atoms with Crippen LogP contribution in [0.25, 0.3) is 0 Å². The first-order valence-electron chi connectivity index (χ1n) is 3.34. The molecule has 0 aliphatic rings. The summed E-state index contributed by atoms with van der Waals surface area (Å²) < 4.78 is 9.87. The highest BCUT2D eigenvalue weighted by molar-refractivity contribution is 4.97. The van der Waals surface area contributed by atoms with Crippen molar-refractivity contribution in [1.29, 1.82) is 0 Å². The quantitative estimate of drug-likeness (QED) is 0.228. The van der Waals surface area contributed by atoms with E-state index >= 15 is 0 Å². The molecule has 1 unspecified atom stereocenters. The molecule has 4 heteroatoms. The van der Waals surface area contributed by atoms with E-state index in [4.69, 9.17) is 21.7 Å². The predicted octanol–water partition coefficient (Wildman–Crippen LogP) is -0.885. The highest BCUT2D eigenvalue weighted by Gasteiger charge is 1.99. The predicted molar refractivity (Wildman–Crippen MR) is 42.6 cm³/mol. The second-order valence-electron chi connectivity index (χ2n) is 1.95. The third-order valence-electron chi connectivity index (χ3n) is 1.12. The molecule has 0 radical (unpaired) electrons. The number of terminal acetylenes is 1. The summed E-state index contributed by atoms with van der Waals surface area (Å²) in [5.41, 5.74) is 2.43. The summed E-state index contributed by atoms with van der Waals surface area (Å²) in [4.78, 5) is 0. The summed E-state index contributed by atoms with van der Waals surface area (Å²) in [6.45, 7) is 1.52.